The Morgan fingerprint density at radius 2 is 2.04 bits per heavy atom. The number of sulfonamides is 1. The Hall–Kier alpha value is -2.15. The predicted molar refractivity (Wildman–Crippen MR) is 107 cm³/mol. The normalized spacial score (nSPS) is 18.5. The van der Waals surface area contributed by atoms with Crippen LogP contribution < -0.4 is 4.90 Å². The highest BCUT2D eigenvalue weighted by Crippen LogP contribution is 2.31. The summed E-state index contributed by atoms with van der Waals surface area (Å²) in [6, 6.07) is 3.59. The van der Waals surface area contributed by atoms with Crippen molar-refractivity contribution in [3.63, 3.8) is 0 Å². The lowest BCUT2D eigenvalue weighted by atomic mass is 10.2. The van der Waals surface area contributed by atoms with E-state index < -0.39 is 22.0 Å². The van der Waals surface area contributed by atoms with Crippen LogP contribution in [0.5, 0.6) is 0 Å². The van der Waals surface area contributed by atoms with Crippen LogP contribution in [-0.4, -0.2) is 64.4 Å². The van der Waals surface area contributed by atoms with E-state index >= 15 is 0 Å². The van der Waals surface area contributed by atoms with Gasteiger partial charge in [-0.05, 0) is 34.1 Å². The summed E-state index contributed by atoms with van der Waals surface area (Å²) in [5, 5.41) is 9.68. The van der Waals surface area contributed by atoms with Gasteiger partial charge in [-0.15, -0.1) is 11.3 Å². The maximum atomic E-state index is 12.9. The van der Waals surface area contributed by atoms with E-state index in [4.69, 9.17) is 0 Å². The zero-order chi connectivity index (χ0) is 19.9. The first-order valence-corrected chi connectivity index (χ1v) is 11.2. The number of carboxylic acids is 1. The van der Waals surface area contributed by atoms with Crippen LogP contribution in [-0.2, 0) is 14.8 Å². The van der Waals surface area contributed by atoms with Gasteiger partial charge in [-0.25, -0.2) is 18.4 Å². The van der Waals surface area contributed by atoms with Crippen LogP contribution in [0.25, 0.3) is 11.0 Å². The highest BCUT2D eigenvalue weighted by atomic mass is 79.9. The summed E-state index contributed by atoms with van der Waals surface area (Å²) in [6.45, 7) is 0.318. The molecule has 12 heteroatoms. The summed E-state index contributed by atoms with van der Waals surface area (Å²) in [7, 11) is -3.91. The van der Waals surface area contributed by atoms with Gasteiger partial charge in [0.25, 0.3) is 10.0 Å². The van der Waals surface area contributed by atoms with E-state index in [0.717, 1.165) is 15.6 Å². The number of rotatable bonds is 4. The van der Waals surface area contributed by atoms with Gasteiger partial charge in [-0.3, -0.25) is 9.78 Å². The summed E-state index contributed by atoms with van der Waals surface area (Å²) >= 11 is 4.30. The van der Waals surface area contributed by atoms with Gasteiger partial charge in [0.1, 0.15) is 21.6 Å². The second kappa shape index (κ2) is 7.35. The SMILES string of the molecule is O=C(O)[C@H]1CN(c2cnc3cnccc3n2)CCN1S(=O)(=O)c1ccc(Br)s1. The molecule has 1 fully saturated rings. The Kier molecular flexibility index (Phi) is 5.04. The number of halogens is 1. The summed E-state index contributed by atoms with van der Waals surface area (Å²) < 4.78 is 27.7. The molecule has 0 radical (unpaired) electrons. The number of piperazine rings is 1. The average Bonchev–Trinajstić information content (AvgIpc) is 3.14. The van der Waals surface area contributed by atoms with Crippen LogP contribution in [0.3, 0.4) is 0 Å². The van der Waals surface area contributed by atoms with Gasteiger partial charge in [0.2, 0.25) is 0 Å². The van der Waals surface area contributed by atoms with Crippen LogP contribution in [0.1, 0.15) is 0 Å². The second-order valence-electron chi connectivity index (χ2n) is 6.07. The lowest BCUT2D eigenvalue weighted by Gasteiger charge is -2.38. The fourth-order valence-corrected chi connectivity index (χ4v) is 6.72. The minimum Gasteiger partial charge on any atom is -0.480 e. The quantitative estimate of drug-likeness (QED) is 0.596. The smallest absolute Gasteiger partial charge is 0.323 e. The second-order valence-corrected chi connectivity index (χ2v) is 10.6. The van der Waals surface area contributed by atoms with Crippen molar-refractivity contribution >= 4 is 60.1 Å². The van der Waals surface area contributed by atoms with E-state index in [0.29, 0.717) is 27.2 Å². The number of hydrogen-bond donors (Lipinski definition) is 1. The molecule has 4 heterocycles. The monoisotopic (exact) mass is 483 g/mol. The minimum atomic E-state index is -3.91. The van der Waals surface area contributed by atoms with E-state index in [1.54, 1.807) is 35.6 Å². The molecule has 1 aliphatic rings. The third-order valence-corrected chi connectivity index (χ3v) is 8.38. The molecule has 28 heavy (non-hydrogen) atoms. The predicted octanol–water partition coefficient (Wildman–Crippen LogP) is 1.81. The van der Waals surface area contributed by atoms with E-state index in [2.05, 4.69) is 30.9 Å². The Morgan fingerprint density at radius 1 is 1.21 bits per heavy atom. The van der Waals surface area contributed by atoms with E-state index in [1.807, 2.05) is 0 Å². The summed E-state index contributed by atoms with van der Waals surface area (Å²) in [6.07, 6.45) is 4.74. The molecule has 1 saturated heterocycles. The molecule has 9 nitrogen and oxygen atoms in total. The van der Waals surface area contributed by atoms with Crippen molar-refractivity contribution in [1.82, 2.24) is 19.3 Å². The van der Waals surface area contributed by atoms with Crippen LogP contribution in [0, 0.1) is 0 Å². The Labute approximate surface area is 172 Å². The van der Waals surface area contributed by atoms with Crippen LogP contribution in [0.4, 0.5) is 5.82 Å². The largest absolute Gasteiger partial charge is 0.480 e. The Morgan fingerprint density at radius 3 is 2.75 bits per heavy atom. The summed E-state index contributed by atoms with van der Waals surface area (Å²) in [5.74, 6) is -0.706. The van der Waals surface area contributed by atoms with Crippen LogP contribution in [0.2, 0.25) is 0 Å². The zero-order valence-electron chi connectivity index (χ0n) is 14.3. The van der Waals surface area contributed by atoms with Gasteiger partial charge in [0, 0.05) is 25.8 Å². The molecule has 4 rings (SSSR count). The average molecular weight is 484 g/mol. The van der Waals surface area contributed by atoms with Crippen molar-refractivity contribution in [3.8, 4) is 0 Å². The van der Waals surface area contributed by atoms with Gasteiger partial charge >= 0.3 is 5.97 Å². The molecule has 0 spiro atoms. The van der Waals surface area contributed by atoms with Crippen molar-refractivity contribution in [2.24, 2.45) is 0 Å². The number of hydrogen-bond acceptors (Lipinski definition) is 8. The first kappa shape index (κ1) is 19.2. The summed E-state index contributed by atoms with van der Waals surface area (Å²) in [4.78, 5) is 26.4. The molecule has 1 atom stereocenters. The van der Waals surface area contributed by atoms with Gasteiger partial charge < -0.3 is 10.0 Å². The number of carbonyl (C=O) groups is 1. The molecule has 0 bridgehead atoms. The topological polar surface area (TPSA) is 117 Å². The number of aliphatic carboxylic acids is 1. The van der Waals surface area contributed by atoms with Gasteiger partial charge in [0.05, 0.1) is 21.7 Å². The van der Waals surface area contributed by atoms with Gasteiger partial charge in [0.15, 0.2) is 0 Å². The molecule has 0 aromatic carbocycles. The number of carboxylic acid groups (broad SMARTS) is 1. The number of aromatic nitrogens is 3. The maximum Gasteiger partial charge on any atom is 0.323 e. The number of thiophene rings is 1. The molecule has 3 aromatic heterocycles. The molecule has 1 N–H and O–H groups in total. The first-order valence-electron chi connectivity index (χ1n) is 8.18. The van der Waals surface area contributed by atoms with E-state index in [1.165, 1.54) is 6.07 Å². The molecule has 3 aromatic rings. The molecule has 0 aliphatic carbocycles. The lowest BCUT2D eigenvalue weighted by molar-refractivity contribution is -0.141. The van der Waals surface area contributed by atoms with Crippen molar-refractivity contribution < 1.29 is 18.3 Å². The highest BCUT2D eigenvalue weighted by molar-refractivity contribution is 9.11. The van der Waals surface area contributed by atoms with Crippen LogP contribution in [0.15, 0.2) is 44.8 Å². The number of fused-ring (bicyclic) bond motifs is 1. The van der Waals surface area contributed by atoms with Crippen molar-refractivity contribution in [2.75, 3.05) is 24.5 Å². The first-order chi connectivity index (χ1) is 13.4. The van der Waals surface area contributed by atoms with Crippen molar-refractivity contribution in [3.05, 3.63) is 40.6 Å². The molecule has 1 aliphatic heterocycles. The third-order valence-electron chi connectivity index (χ3n) is 4.38. The third kappa shape index (κ3) is 3.48. The van der Waals surface area contributed by atoms with E-state index in [-0.39, 0.29) is 17.3 Å². The van der Waals surface area contributed by atoms with Gasteiger partial charge in [-0.2, -0.15) is 4.31 Å². The number of nitrogens with zero attached hydrogens (tertiary/aromatic N) is 5. The molecule has 0 unspecified atom stereocenters. The Balaban J connectivity index is 1.63. The zero-order valence-corrected chi connectivity index (χ0v) is 17.5. The summed E-state index contributed by atoms with van der Waals surface area (Å²) in [5.41, 5.74) is 1.27. The van der Waals surface area contributed by atoms with Gasteiger partial charge in [-0.1, -0.05) is 0 Å². The van der Waals surface area contributed by atoms with Crippen LogP contribution >= 0.6 is 27.3 Å². The lowest BCUT2D eigenvalue weighted by Crippen LogP contribution is -2.58. The molecular formula is C16H14BrN5O4S2. The fourth-order valence-electron chi connectivity index (χ4n) is 3.02. The molecule has 0 saturated carbocycles. The fraction of sp³-hybridized carbons (Fsp3) is 0.250. The highest BCUT2D eigenvalue weighted by Gasteiger charge is 2.41. The molecule has 0 amide bonds. The van der Waals surface area contributed by atoms with Crippen molar-refractivity contribution in [2.45, 2.75) is 10.3 Å². The van der Waals surface area contributed by atoms with E-state index in [9.17, 15) is 18.3 Å². The maximum absolute atomic E-state index is 12.9. The number of pyridine rings is 1. The molecular weight excluding hydrogens is 470 g/mol. The standard InChI is InChI=1S/C16H14BrN5O4S2/c17-13-1-2-15(27-13)28(25,26)22-6-5-21(9-12(22)16(23)24)14-8-19-11-7-18-4-3-10(11)20-14/h1-4,7-8,12H,5-6,9H2,(H,23,24)/t12-/m1/s1. The minimum absolute atomic E-state index is 0.0214. The number of anilines is 1. The molecule has 146 valence electrons. The van der Waals surface area contributed by atoms with Crippen molar-refractivity contribution in [1.29, 1.82) is 0 Å². The Bertz CT molecular complexity index is 1150.